The van der Waals surface area contributed by atoms with E-state index in [9.17, 15) is 13.2 Å². The van der Waals surface area contributed by atoms with Crippen LogP contribution in [0.1, 0.15) is 26.5 Å². The van der Waals surface area contributed by atoms with Gasteiger partial charge in [-0.3, -0.25) is 0 Å². The summed E-state index contributed by atoms with van der Waals surface area (Å²) in [5, 5.41) is 6.83. The van der Waals surface area contributed by atoms with Crippen molar-refractivity contribution in [2.24, 2.45) is 5.92 Å². The number of hydrogen-bond donors (Lipinski definition) is 1. The summed E-state index contributed by atoms with van der Waals surface area (Å²) < 4.78 is 45.3. The second-order valence-electron chi connectivity index (χ2n) is 5.47. The third-order valence-corrected chi connectivity index (χ3v) is 2.76. The number of rotatable bonds is 6. The molecule has 2 aromatic heterocycles. The summed E-state index contributed by atoms with van der Waals surface area (Å²) >= 11 is 0. The predicted molar refractivity (Wildman–Crippen MR) is 74.5 cm³/mol. The molecule has 1 unspecified atom stereocenters. The Bertz CT molecular complexity index is 626. The number of aromatic nitrogens is 4. The number of nitrogens with one attached hydrogen (secondary N) is 1. The molecule has 0 aliphatic carbocycles. The highest BCUT2D eigenvalue weighted by Crippen LogP contribution is 2.29. The maximum absolute atomic E-state index is 12.9. The Hall–Kier alpha value is -1.90. The van der Waals surface area contributed by atoms with Gasteiger partial charge >= 0.3 is 6.18 Å². The van der Waals surface area contributed by atoms with Crippen molar-refractivity contribution in [3.05, 3.63) is 18.1 Å². The molecule has 6 nitrogen and oxygen atoms in total. The van der Waals surface area contributed by atoms with Crippen LogP contribution in [0, 0.1) is 5.92 Å². The zero-order valence-electron chi connectivity index (χ0n) is 12.6. The van der Waals surface area contributed by atoms with E-state index in [1.807, 2.05) is 20.8 Å². The number of ether oxygens (including phenoxy) is 1. The molecule has 0 spiro atoms. The molecule has 0 radical (unpaired) electrons. The van der Waals surface area contributed by atoms with E-state index >= 15 is 0 Å². The van der Waals surface area contributed by atoms with E-state index in [0.29, 0.717) is 19.1 Å². The quantitative estimate of drug-likeness (QED) is 0.887. The topological polar surface area (TPSA) is 64.3 Å². The van der Waals surface area contributed by atoms with E-state index < -0.39 is 11.9 Å². The van der Waals surface area contributed by atoms with Crippen LogP contribution in [0.2, 0.25) is 0 Å². The lowest BCUT2D eigenvalue weighted by Crippen LogP contribution is -2.25. The Morgan fingerprint density at radius 2 is 2.00 bits per heavy atom. The molecule has 0 amide bonds. The minimum absolute atomic E-state index is 0.104. The first-order valence-corrected chi connectivity index (χ1v) is 6.89. The van der Waals surface area contributed by atoms with E-state index in [4.69, 9.17) is 4.74 Å². The lowest BCUT2D eigenvalue weighted by atomic mass is 10.2. The Kier molecular flexibility index (Phi) is 4.84. The van der Waals surface area contributed by atoms with E-state index in [-0.39, 0.29) is 17.6 Å². The third kappa shape index (κ3) is 4.06. The molecule has 1 N–H and O–H groups in total. The molecule has 2 aromatic rings. The van der Waals surface area contributed by atoms with Crippen molar-refractivity contribution in [3.63, 3.8) is 0 Å². The molecule has 0 aliphatic heterocycles. The molecule has 2 rings (SSSR count). The average Bonchev–Trinajstić information content (AvgIpc) is 2.85. The number of fused-ring (bicyclic) bond motifs is 1. The summed E-state index contributed by atoms with van der Waals surface area (Å²) in [5.74, 6) is 0.468. The Balaban J connectivity index is 2.17. The molecule has 0 aromatic carbocycles. The Morgan fingerprint density at radius 1 is 1.27 bits per heavy atom. The first kappa shape index (κ1) is 16.5. The minimum atomic E-state index is -4.54. The largest absolute Gasteiger partial charge is 0.433 e. The molecule has 0 saturated heterocycles. The molecule has 0 saturated carbocycles. The fourth-order valence-corrected chi connectivity index (χ4v) is 1.83. The van der Waals surface area contributed by atoms with Crippen LogP contribution in [-0.4, -0.2) is 38.8 Å². The van der Waals surface area contributed by atoms with Crippen LogP contribution in [0.5, 0.6) is 0 Å². The number of nitrogens with zero attached hydrogens (tertiary/aromatic N) is 4. The van der Waals surface area contributed by atoms with Crippen LogP contribution in [-0.2, 0) is 10.9 Å². The van der Waals surface area contributed by atoms with Crippen molar-refractivity contribution in [2.75, 3.05) is 18.5 Å². The van der Waals surface area contributed by atoms with Crippen LogP contribution >= 0.6 is 0 Å². The van der Waals surface area contributed by atoms with Gasteiger partial charge in [-0.25, -0.2) is 4.98 Å². The first-order chi connectivity index (χ1) is 10.3. The summed E-state index contributed by atoms with van der Waals surface area (Å²) in [4.78, 5) is 7.17. The molecule has 0 fully saturated rings. The van der Waals surface area contributed by atoms with Gasteiger partial charge in [0, 0.05) is 18.7 Å². The van der Waals surface area contributed by atoms with Gasteiger partial charge in [-0.05, 0) is 12.8 Å². The number of hydrogen-bond acceptors (Lipinski definition) is 5. The van der Waals surface area contributed by atoms with Crippen molar-refractivity contribution in [2.45, 2.75) is 33.0 Å². The Labute approximate surface area is 125 Å². The SMILES string of the molecule is CC(C)COCC(C)Nc1cc(C(F)(F)F)nc2ncnn12. The highest BCUT2D eigenvalue weighted by molar-refractivity contribution is 5.46. The van der Waals surface area contributed by atoms with Crippen molar-refractivity contribution < 1.29 is 17.9 Å². The van der Waals surface area contributed by atoms with Gasteiger partial charge in [0.1, 0.15) is 12.1 Å². The van der Waals surface area contributed by atoms with Crippen LogP contribution in [0.3, 0.4) is 0 Å². The maximum atomic E-state index is 12.9. The average molecular weight is 317 g/mol. The monoisotopic (exact) mass is 317 g/mol. The molecular weight excluding hydrogens is 299 g/mol. The van der Waals surface area contributed by atoms with Gasteiger partial charge in [-0.15, -0.1) is 0 Å². The summed E-state index contributed by atoms with van der Waals surface area (Å²) in [6.07, 6.45) is -3.38. The summed E-state index contributed by atoms with van der Waals surface area (Å²) in [6, 6.07) is 0.732. The molecule has 0 aliphatic rings. The van der Waals surface area contributed by atoms with E-state index in [0.717, 1.165) is 12.4 Å². The number of anilines is 1. The molecule has 1 atom stereocenters. The lowest BCUT2D eigenvalue weighted by molar-refractivity contribution is -0.141. The van der Waals surface area contributed by atoms with Gasteiger partial charge in [-0.2, -0.15) is 27.8 Å². The molecule has 122 valence electrons. The molecule has 9 heteroatoms. The molecule has 0 bridgehead atoms. The zero-order valence-corrected chi connectivity index (χ0v) is 12.6. The van der Waals surface area contributed by atoms with Gasteiger partial charge in [-0.1, -0.05) is 13.8 Å². The van der Waals surface area contributed by atoms with Crippen molar-refractivity contribution >= 4 is 11.6 Å². The summed E-state index contributed by atoms with van der Waals surface area (Å²) in [5.41, 5.74) is -1.01. The highest BCUT2D eigenvalue weighted by Gasteiger charge is 2.34. The fraction of sp³-hybridized carbons (Fsp3) is 0.615. The minimum Gasteiger partial charge on any atom is -0.379 e. The van der Waals surface area contributed by atoms with Gasteiger partial charge in [0.05, 0.1) is 6.61 Å². The van der Waals surface area contributed by atoms with E-state index in [1.54, 1.807) is 0 Å². The highest BCUT2D eigenvalue weighted by atomic mass is 19.4. The van der Waals surface area contributed by atoms with Gasteiger partial charge in [0.25, 0.3) is 5.78 Å². The van der Waals surface area contributed by atoms with Crippen LogP contribution in [0.15, 0.2) is 12.4 Å². The summed E-state index contributed by atoms with van der Waals surface area (Å²) in [6.45, 7) is 6.83. The van der Waals surface area contributed by atoms with Crippen molar-refractivity contribution in [1.82, 2.24) is 19.6 Å². The predicted octanol–water partition coefficient (Wildman–Crippen LogP) is 2.62. The molecule has 2 heterocycles. The molecular formula is C13H18F3N5O. The Morgan fingerprint density at radius 3 is 2.64 bits per heavy atom. The molecule has 22 heavy (non-hydrogen) atoms. The van der Waals surface area contributed by atoms with Crippen LogP contribution in [0.4, 0.5) is 19.0 Å². The third-order valence-electron chi connectivity index (χ3n) is 2.76. The fourth-order valence-electron chi connectivity index (χ4n) is 1.83. The van der Waals surface area contributed by atoms with Crippen molar-refractivity contribution in [1.29, 1.82) is 0 Å². The summed E-state index contributed by atoms with van der Waals surface area (Å²) in [7, 11) is 0. The second-order valence-corrected chi connectivity index (χ2v) is 5.47. The van der Waals surface area contributed by atoms with Gasteiger partial charge in [0.15, 0.2) is 5.69 Å². The standard InChI is InChI=1S/C13H18F3N5O/c1-8(2)5-22-6-9(3)19-11-4-10(13(14,15)16)20-12-17-7-18-21(11)12/h4,7-9,19H,5-6H2,1-3H3. The first-order valence-electron chi connectivity index (χ1n) is 6.89. The van der Waals surface area contributed by atoms with E-state index in [1.165, 1.54) is 4.52 Å². The lowest BCUT2D eigenvalue weighted by Gasteiger charge is -2.17. The normalized spacial score (nSPS) is 13.8. The maximum Gasteiger partial charge on any atom is 0.433 e. The van der Waals surface area contributed by atoms with Crippen LogP contribution in [0.25, 0.3) is 5.78 Å². The van der Waals surface area contributed by atoms with Crippen molar-refractivity contribution in [3.8, 4) is 0 Å². The number of alkyl halides is 3. The van der Waals surface area contributed by atoms with E-state index in [2.05, 4.69) is 20.4 Å². The van der Waals surface area contributed by atoms with Gasteiger partial charge < -0.3 is 10.1 Å². The van der Waals surface area contributed by atoms with Gasteiger partial charge in [0.2, 0.25) is 0 Å². The smallest absolute Gasteiger partial charge is 0.379 e. The zero-order chi connectivity index (χ0) is 16.3. The number of halogens is 3. The second kappa shape index (κ2) is 6.47. The van der Waals surface area contributed by atoms with Crippen LogP contribution < -0.4 is 5.32 Å².